The predicted molar refractivity (Wildman–Crippen MR) is 93.5 cm³/mol. The number of hydrogen-bond donors (Lipinski definition) is 3. The van der Waals surface area contributed by atoms with Crippen LogP contribution in [0, 0.1) is 11.8 Å². The molecule has 0 aliphatic rings. The van der Waals surface area contributed by atoms with E-state index in [4.69, 9.17) is 15.3 Å². The maximum Gasteiger partial charge on any atom is 0.0591 e. The van der Waals surface area contributed by atoms with Gasteiger partial charge in [0.2, 0.25) is 0 Å². The fourth-order valence-corrected chi connectivity index (χ4v) is 1.64. The second-order valence-electron chi connectivity index (χ2n) is 7.17. The minimum absolute atomic E-state index is 0.125. The van der Waals surface area contributed by atoms with Crippen molar-refractivity contribution in [1.82, 2.24) is 0 Å². The van der Waals surface area contributed by atoms with E-state index < -0.39 is 5.60 Å². The zero-order valence-corrected chi connectivity index (χ0v) is 16.0. The second kappa shape index (κ2) is 14.8. The molecule has 3 atom stereocenters. The molecule has 0 saturated heterocycles. The highest BCUT2D eigenvalue weighted by atomic mass is 16.3. The Kier molecular flexibility index (Phi) is 18.2. The van der Waals surface area contributed by atoms with Gasteiger partial charge in [0.25, 0.3) is 0 Å². The van der Waals surface area contributed by atoms with Crippen LogP contribution in [0.1, 0.15) is 88.0 Å². The van der Waals surface area contributed by atoms with Crippen molar-refractivity contribution in [3.8, 4) is 0 Å². The van der Waals surface area contributed by atoms with Gasteiger partial charge in [0.15, 0.2) is 0 Å². The maximum atomic E-state index is 9.02. The minimum atomic E-state index is -0.450. The van der Waals surface area contributed by atoms with Crippen LogP contribution in [0.25, 0.3) is 0 Å². The van der Waals surface area contributed by atoms with Crippen molar-refractivity contribution >= 4 is 0 Å². The van der Waals surface area contributed by atoms with E-state index in [1.807, 2.05) is 34.6 Å². The van der Waals surface area contributed by atoms with Crippen LogP contribution in [0.4, 0.5) is 0 Å². The molecule has 3 nitrogen and oxygen atoms in total. The van der Waals surface area contributed by atoms with Crippen LogP contribution in [-0.4, -0.2) is 33.1 Å². The first-order chi connectivity index (χ1) is 9.37. The molecule has 3 heteroatoms. The van der Waals surface area contributed by atoms with Gasteiger partial charge in [-0.3, -0.25) is 0 Å². The average molecular weight is 307 g/mol. The van der Waals surface area contributed by atoms with Gasteiger partial charge in [-0.2, -0.15) is 0 Å². The Labute approximate surface area is 133 Å². The van der Waals surface area contributed by atoms with Gasteiger partial charge in [-0.1, -0.05) is 47.5 Å². The summed E-state index contributed by atoms with van der Waals surface area (Å²) in [5.74, 6) is 1.08. The molecule has 0 radical (unpaired) electrons. The van der Waals surface area contributed by atoms with E-state index in [0.29, 0.717) is 11.8 Å². The summed E-state index contributed by atoms with van der Waals surface area (Å²) < 4.78 is 0. The van der Waals surface area contributed by atoms with Crippen LogP contribution in [0.5, 0.6) is 0 Å². The molecule has 0 bridgehead atoms. The third-order valence-electron chi connectivity index (χ3n) is 3.14. The van der Waals surface area contributed by atoms with E-state index in [0.717, 1.165) is 25.7 Å². The van der Waals surface area contributed by atoms with Gasteiger partial charge >= 0.3 is 0 Å². The smallest absolute Gasteiger partial charge is 0.0591 e. The Morgan fingerprint density at radius 1 is 0.905 bits per heavy atom. The molecule has 0 aliphatic carbocycles. The van der Waals surface area contributed by atoms with Gasteiger partial charge < -0.3 is 15.3 Å². The quantitative estimate of drug-likeness (QED) is 0.682. The van der Waals surface area contributed by atoms with E-state index in [2.05, 4.69) is 27.7 Å². The molecule has 0 heterocycles. The van der Waals surface area contributed by atoms with Crippen LogP contribution in [0.2, 0.25) is 0 Å². The first-order valence-electron chi connectivity index (χ1n) is 8.45. The fraction of sp³-hybridized carbons (Fsp3) is 1.00. The number of aliphatic hydroxyl groups excluding tert-OH is 2. The molecular weight excluding hydrogens is 264 g/mol. The van der Waals surface area contributed by atoms with Gasteiger partial charge in [0, 0.05) is 0 Å². The summed E-state index contributed by atoms with van der Waals surface area (Å²) in [4.78, 5) is 0. The minimum Gasteiger partial charge on any atom is -0.393 e. The van der Waals surface area contributed by atoms with E-state index in [-0.39, 0.29) is 12.2 Å². The Morgan fingerprint density at radius 2 is 1.33 bits per heavy atom. The average Bonchev–Trinajstić information content (AvgIpc) is 2.25. The molecule has 0 saturated carbocycles. The van der Waals surface area contributed by atoms with Crippen LogP contribution in [0.3, 0.4) is 0 Å². The zero-order chi connectivity index (χ0) is 17.6. The SMILES string of the molecule is CC(C)CC(C)O.CCC(C)C(C)O.CCCC(C)(C)O. The number of hydrogen-bond acceptors (Lipinski definition) is 3. The van der Waals surface area contributed by atoms with Crippen molar-refractivity contribution in [2.75, 3.05) is 0 Å². The highest BCUT2D eigenvalue weighted by Crippen LogP contribution is 2.08. The Hall–Kier alpha value is -0.120. The summed E-state index contributed by atoms with van der Waals surface area (Å²) in [7, 11) is 0. The molecule has 132 valence electrons. The summed E-state index contributed by atoms with van der Waals surface area (Å²) in [5, 5.41) is 26.6. The van der Waals surface area contributed by atoms with Crippen LogP contribution < -0.4 is 0 Å². The van der Waals surface area contributed by atoms with Crippen molar-refractivity contribution in [1.29, 1.82) is 0 Å². The first kappa shape index (κ1) is 25.8. The lowest BCUT2D eigenvalue weighted by Gasteiger charge is -2.14. The number of aliphatic hydroxyl groups is 3. The zero-order valence-electron chi connectivity index (χ0n) is 16.0. The molecule has 3 N–H and O–H groups in total. The van der Waals surface area contributed by atoms with Gasteiger partial charge in [-0.05, 0) is 52.4 Å². The lowest BCUT2D eigenvalue weighted by molar-refractivity contribution is 0.0703. The fourth-order valence-electron chi connectivity index (χ4n) is 1.64. The predicted octanol–water partition coefficient (Wildman–Crippen LogP) is 4.38. The summed E-state index contributed by atoms with van der Waals surface area (Å²) in [6, 6.07) is 0. The van der Waals surface area contributed by atoms with Crippen LogP contribution in [0.15, 0.2) is 0 Å². The van der Waals surface area contributed by atoms with E-state index in [1.165, 1.54) is 0 Å². The molecule has 0 spiro atoms. The molecule has 21 heavy (non-hydrogen) atoms. The molecule has 0 rings (SSSR count). The Bertz CT molecular complexity index is 187. The van der Waals surface area contributed by atoms with E-state index in [9.17, 15) is 0 Å². The van der Waals surface area contributed by atoms with E-state index in [1.54, 1.807) is 0 Å². The molecular formula is C18H42O3. The molecule has 0 fully saturated rings. The lowest BCUT2D eigenvalue weighted by atomic mass is 10.0. The van der Waals surface area contributed by atoms with Crippen LogP contribution in [-0.2, 0) is 0 Å². The second-order valence-corrected chi connectivity index (χ2v) is 7.17. The van der Waals surface area contributed by atoms with Gasteiger partial charge in [0.1, 0.15) is 0 Å². The molecule has 0 aromatic heterocycles. The summed E-state index contributed by atoms with van der Waals surface area (Å²) >= 11 is 0. The summed E-state index contributed by atoms with van der Waals surface area (Å²) in [6.45, 7) is 17.7. The monoisotopic (exact) mass is 306 g/mol. The Balaban J connectivity index is -0.000000231. The summed E-state index contributed by atoms with van der Waals surface area (Å²) in [6.07, 6.45) is 3.68. The standard InChI is InChI=1S/3C6H14O/c1-5(2)4-6(3)7;1-4-5-6(2,3)7;1-4-5(2)6(3)7/h5-7H,4H2,1-3H3;7H,4-5H2,1-3H3;5-7H,4H2,1-3H3. The Morgan fingerprint density at radius 3 is 1.33 bits per heavy atom. The molecule has 0 aliphatic heterocycles. The van der Waals surface area contributed by atoms with Crippen LogP contribution >= 0.6 is 0 Å². The molecule has 3 unspecified atom stereocenters. The lowest BCUT2D eigenvalue weighted by Crippen LogP contribution is -2.16. The van der Waals surface area contributed by atoms with Crippen molar-refractivity contribution in [3.63, 3.8) is 0 Å². The highest BCUT2D eigenvalue weighted by molar-refractivity contribution is 4.61. The summed E-state index contributed by atoms with van der Waals surface area (Å²) in [5.41, 5.74) is -0.450. The van der Waals surface area contributed by atoms with E-state index >= 15 is 0 Å². The van der Waals surface area contributed by atoms with Gasteiger partial charge in [-0.25, -0.2) is 0 Å². The number of rotatable bonds is 6. The molecule has 0 amide bonds. The molecule has 0 aromatic rings. The normalized spacial score (nSPS) is 15.3. The topological polar surface area (TPSA) is 60.7 Å². The highest BCUT2D eigenvalue weighted by Gasteiger charge is 2.08. The first-order valence-corrected chi connectivity index (χ1v) is 8.45. The van der Waals surface area contributed by atoms with Gasteiger partial charge in [-0.15, -0.1) is 0 Å². The van der Waals surface area contributed by atoms with Gasteiger partial charge in [0.05, 0.1) is 17.8 Å². The van der Waals surface area contributed by atoms with Crippen molar-refractivity contribution in [3.05, 3.63) is 0 Å². The largest absolute Gasteiger partial charge is 0.393 e. The van der Waals surface area contributed by atoms with Crippen molar-refractivity contribution in [2.24, 2.45) is 11.8 Å². The van der Waals surface area contributed by atoms with Crippen molar-refractivity contribution < 1.29 is 15.3 Å². The third-order valence-corrected chi connectivity index (χ3v) is 3.14. The molecule has 0 aromatic carbocycles. The van der Waals surface area contributed by atoms with Crippen molar-refractivity contribution in [2.45, 2.75) is 106 Å². The maximum absolute atomic E-state index is 9.02. The third kappa shape index (κ3) is 33.0.